The fraction of sp³-hybridized carbons (Fsp3) is 0.312. The molecule has 0 bridgehead atoms. The number of hydrogen-bond acceptors (Lipinski definition) is 5. The van der Waals surface area contributed by atoms with Crippen LogP contribution in [0.3, 0.4) is 0 Å². The van der Waals surface area contributed by atoms with Gasteiger partial charge in [0, 0.05) is 5.92 Å². The van der Waals surface area contributed by atoms with Crippen LogP contribution >= 0.6 is 0 Å². The standard InChI is InChI=1S/C32H35NO5/c1-5-20-36-29-17-11-6-12-22(29)18-19-28(30(34)38-32(2,3)4)33-31(35)37-21-27-25-15-9-7-13-23(25)24-14-8-10-16-26(24)27/h5-17,27-28H,1,18-21H2,2-4H3,(H,33,35). The molecule has 1 atom stereocenters. The zero-order chi connectivity index (χ0) is 27.1. The van der Waals surface area contributed by atoms with Crippen LogP contribution in [0.1, 0.15) is 49.8 Å². The van der Waals surface area contributed by atoms with Gasteiger partial charge in [-0.2, -0.15) is 0 Å². The van der Waals surface area contributed by atoms with Crippen molar-refractivity contribution < 1.29 is 23.8 Å². The lowest BCUT2D eigenvalue weighted by molar-refractivity contribution is -0.157. The molecule has 0 saturated carbocycles. The van der Waals surface area contributed by atoms with E-state index in [0.29, 0.717) is 19.4 Å². The van der Waals surface area contributed by atoms with Gasteiger partial charge in [0.25, 0.3) is 0 Å². The lowest BCUT2D eigenvalue weighted by Gasteiger charge is -2.25. The van der Waals surface area contributed by atoms with Gasteiger partial charge in [0.15, 0.2) is 0 Å². The monoisotopic (exact) mass is 513 g/mol. The predicted octanol–water partition coefficient (Wildman–Crippen LogP) is 6.43. The van der Waals surface area contributed by atoms with Crippen LogP contribution in [0.2, 0.25) is 0 Å². The van der Waals surface area contributed by atoms with Crippen molar-refractivity contribution in [1.29, 1.82) is 0 Å². The molecule has 3 aromatic carbocycles. The van der Waals surface area contributed by atoms with Crippen molar-refractivity contribution in [3.05, 3.63) is 102 Å². The highest BCUT2D eigenvalue weighted by Gasteiger charge is 2.31. The molecule has 6 nitrogen and oxygen atoms in total. The Morgan fingerprint density at radius 2 is 1.55 bits per heavy atom. The summed E-state index contributed by atoms with van der Waals surface area (Å²) in [7, 11) is 0. The van der Waals surface area contributed by atoms with E-state index in [1.54, 1.807) is 26.8 Å². The number of rotatable bonds is 10. The molecule has 6 heteroatoms. The molecule has 0 aliphatic heterocycles. The van der Waals surface area contributed by atoms with E-state index in [9.17, 15) is 9.59 Å². The Bertz CT molecular complexity index is 1250. The molecule has 4 rings (SSSR count). The Balaban J connectivity index is 1.44. The van der Waals surface area contributed by atoms with Crippen LogP contribution in [0.25, 0.3) is 11.1 Å². The number of amides is 1. The third-order valence-corrected chi connectivity index (χ3v) is 6.36. The smallest absolute Gasteiger partial charge is 0.407 e. The molecule has 0 radical (unpaired) electrons. The molecule has 38 heavy (non-hydrogen) atoms. The van der Waals surface area contributed by atoms with Crippen LogP contribution in [-0.4, -0.2) is 36.9 Å². The van der Waals surface area contributed by atoms with Gasteiger partial charge in [-0.1, -0.05) is 79.4 Å². The second kappa shape index (κ2) is 12.0. The summed E-state index contributed by atoms with van der Waals surface area (Å²) in [6.45, 7) is 9.64. The molecule has 3 aromatic rings. The molecule has 0 saturated heterocycles. The zero-order valence-corrected chi connectivity index (χ0v) is 22.2. The maximum atomic E-state index is 13.0. The molecule has 0 fully saturated rings. The summed E-state index contributed by atoms with van der Waals surface area (Å²) in [6, 6.07) is 23.1. The van der Waals surface area contributed by atoms with Gasteiger partial charge in [-0.05, 0) is 67.5 Å². The highest BCUT2D eigenvalue weighted by molar-refractivity contribution is 5.82. The minimum Gasteiger partial charge on any atom is -0.489 e. The van der Waals surface area contributed by atoms with Crippen molar-refractivity contribution in [2.24, 2.45) is 0 Å². The van der Waals surface area contributed by atoms with Crippen LogP contribution in [0.15, 0.2) is 85.5 Å². The number of fused-ring (bicyclic) bond motifs is 3. The van der Waals surface area contributed by atoms with Crippen LogP contribution in [0.5, 0.6) is 5.75 Å². The van der Waals surface area contributed by atoms with Gasteiger partial charge >= 0.3 is 12.1 Å². The second-order valence-electron chi connectivity index (χ2n) is 10.3. The average Bonchev–Trinajstić information content (AvgIpc) is 3.21. The van der Waals surface area contributed by atoms with E-state index in [1.807, 2.05) is 48.5 Å². The number of benzene rings is 3. The van der Waals surface area contributed by atoms with Crippen LogP contribution < -0.4 is 10.1 Å². The Morgan fingerprint density at radius 1 is 0.947 bits per heavy atom. The number of carbonyl (C=O) groups is 2. The van der Waals surface area contributed by atoms with Crippen molar-refractivity contribution in [3.63, 3.8) is 0 Å². The van der Waals surface area contributed by atoms with Gasteiger partial charge in [-0.15, -0.1) is 0 Å². The highest BCUT2D eigenvalue weighted by Crippen LogP contribution is 2.44. The van der Waals surface area contributed by atoms with E-state index < -0.39 is 23.7 Å². The van der Waals surface area contributed by atoms with Crippen molar-refractivity contribution >= 4 is 12.1 Å². The molecule has 1 amide bonds. The average molecular weight is 514 g/mol. The van der Waals surface area contributed by atoms with Gasteiger partial charge < -0.3 is 19.5 Å². The van der Waals surface area contributed by atoms with Gasteiger partial charge in [0.2, 0.25) is 0 Å². The number of nitrogens with one attached hydrogen (secondary N) is 1. The van der Waals surface area contributed by atoms with Crippen LogP contribution in [-0.2, 0) is 20.7 Å². The number of alkyl carbamates (subject to hydrolysis) is 1. The molecule has 0 spiro atoms. The van der Waals surface area contributed by atoms with E-state index in [0.717, 1.165) is 33.6 Å². The number of aryl methyl sites for hydroxylation is 1. The fourth-order valence-electron chi connectivity index (χ4n) is 4.70. The number of hydrogen-bond donors (Lipinski definition) is 1. The van der Waals surface area contributed by atoms with E-state index in [1.165, 1.54) is 0 Å². The van der Waals surface area contributed by atoms with Crippen LogP contribution in [0, 0.1) is 0 Å². The lowest BCUT2D eigenvalue weighted by Crippen LogP contribution is -2.45. The Kier molecular flexibility index (Phi) is 8.52. The first-order chi connectivity index (χ1) is 18.3. The molecule has 198 valence electrons. The summed E-state index contributed by atoms with van der Waals surface area (Å²) in [5.74, 6) is 0.147. The van der Waals surface area contributed by atoms with Crippen molar-refractivity contribution in [1.82, 2.24) is 5.32 Å². The van der Waals surface area contributed by atoms with Gasteiger partial charge in [-0.3, -0.25) is 0 Å². The van der Waals surface area contributed by atoms with E-state index in [-0.39, 0.29) is 12.5 Å². The number of ether oxygens (including phenoxy) is 3. The van der Waals surface area contributed by atoms with Crippen molar-refractivity contribution in [2.75, 3.05) is 13.2 Å². The molecule has 1 aliphatic carbocycles. The van der Waals surface area contributed by atoms with Gasteiger partial charge in [0.1, 0.15) is 30.6 Å². The number of esters is 1. The number of para-hydroxylation sites is 1. The summed E-state index contributed by atoms with van der Waals surface area (Å²) in [6.07, 6.45) is 1.85. The normalized spacial score (nSPS) is 13.1. The second-order valence-corrected chi connectivity index (χ2v) is 10.3. The van der Waals surface area contributed by atoms with Gasteiger partial charge in [0.05, 0.1) is 0 Å². The lowest BCUT2D eigenvalue weighted by atomic mass is 9.98. The molecular formula is C32H35NO5. The van der Waals surface area contributed by atoms with Gasteiger partial charge in [-0.25, -0.2) is 9.59 Å². The van der Waals surface area contributed by atoms with E-state index in [2.05, 4.69) is 36.2 Å². The first kappa shape index (κ1) is 27.0. The molecule has 1 unspecified atom stereocenters. The Morgan fingerprint density at radius 3 is 2.18 bits per heavy atom. The summed E-state index contributed by atoms with van der Waals surface area (Å²) in [5, 5.41) is 2.75. The minimum atomic E-state index is -0.877. The first-order valence-electron chi connectivity index (χ1n) is 12.9. The third kappa shape index (κ3) is 6.62. The summed E-state index contributed by atoms with van der Waals surface area (Å²) >= 11 is 0. The van der Waals surface area contributed by atoms with Crippen molar-refractivity contribution in [3.8, 4) is 16.9 Å². The zero-order valence-electron chi connectivity index (χ0n) is 22.2. The molecular weight excluding hydrogens is 478 g/mol. The Labute approximate surface area is 224 Å². The summed E-state index contributed by atoms with van der Waals surface area (Å²) < 4.78 is 17.0. The first-order valence-corrected chi connectivity index (χ1v) is 12.9. The molecule has 1 aliphatic rings. The van der Waals surface area contributed by atoms with E-state index >= 15 is 0 Å². The SMILES string of the molecule is C=CCOc1ccccc1CCC(NC(=O)OCC1c2ccccc2-c2ccccc21)C(=O)OC(C)(C)C. The minimum absolute atomic E-state index is 0.0676. The fourth-order valence-corrected chi connectivity index (χ4v) is 4.70. The third-order valence-electron chi connectivity index (χ3n) is 6.36. The van der Waals surface area contributed by atoms with E-state index in [4.69, 9.17) is 14.2 Å². The van der Waals surface area contributed by atoms with Crippen molar-refractivity contribution in [2.45, 2.75) is 51.2 Å². The molecule has 0 aromatic heterocycles. The molecule has 1 N–H and O–H groups in total. The largest absolute Gasteiger partial charge is 0.489 e. The number of carbonyl (C=O) groups excluding carboxylic acids is 2. The topological polar surface area (TPSA) is 73.9 Å². The maximum absolute atomic E-state index is 13.0. The highest BCUT2D eigenvalue weighted by atomic mass is 16.6. The Hall–Kier alpha value is -4.06. The summed E-state index contributed by atoms with van der Waals surface area (Å²) in [5.41, 5.74) is 4.80. The summed E-state index contributed by atoms with van der Waals surface area (Å²) in [4.78, 5) is 26.0. The molecule has 0 heterocycles. The quantitative estimate of drug-likeness (QED) is 0.250. The predicted molar refractivity (Wildman–Crippen MR) is 148 cm³/mol. The van der Waals surface area contributed by atoms with Crippen LogP contribution in [0.4, 0.5) is 4.79 Å². The maximum Gasteiger partial charge on any atom is 0.407 e.